The Morgan fingerprint density at radius 2 is 2.00 bits per heavy atom. The van der Waals surface area contributed by atoms with Gasteiger partial charge in [-0.25, -0.2) is 4.98 Å². The van der Waals surface area contributed by atoms with Gasteiger partial charge in [0.05, 0.1) is 6.61 Å². The van der Waals surface area contributed by atoms with Gasteiger partial charge in [0, 0.05) is 42.7 Å². The number of nitrogens with one attached hydrogen (secondary N) is 1. The molecule has 8 heteroatoms. The molecule has 2 aromatic heterocycles. The first-order valence-electron chi connectivity index (χ1n) is 11.4. The zero-order chi connectivity index (χ0) is 24.1. The second kappa shape index (κ2) is 10.2. The summed E-state index contributed by atoms with van der Waals surface area (Å²) in [6.07, 6.45) is 6.62. The van der Waals surface area contributed by atoms with Gasteiger partial charge in [0.15, 0.2) is 12.1 Å². The van der Waals surface area contributed by atoms with Gasteiger partial charge in [-0.3, -0.25) is 19.5 Å². The van der Waals surface area contributed by atoms with Gasteiger partial charge in [0.1, 0.15) is 12.3 Å². The van der Waals surface area contributed by atoms with Gasteiger partial charge in [-0.2, -0.15) is 0 Å². The maximum Gasteiger partial charge on any atom is 0.281 e. The lowest BCUT2D eigenvalue weighted by atomic mass is 9.87. The zero-order valence-electron chi connectivity index (χ0n) is 19.7. The van der Waals surface area contributed by atoms with Crippen LogP contribution in [0.3, 0.4) is 0 Å². The first-order valence-corrected chi connectivity index (χ1v) is 11.4. The van der Waals surface area contributed by atoms with Gasteiger partial charge in [-0.1, -0.05) is 39.0 Å². The highest BCUT2D eigenvalue weighted by Crippen LogP contribution is 2.32. The van der Waals surface area contributed by atoms with Crippen molar-refractivity contribution in [2.45, 2.75) is 38.6 Å². The van der Waals surface area contributed by atoms with Crippen LogP contribution in [-0.2, 0) is 14.9 Å². The summed E-state index contributed by atoms with van der Waals surface area (Å²) < 4.78 is 10.5. The molecule has 1 saturated heterocycles. The second-order valence-electron chi connectivity index (χ2n) is 9.51. The van der Waals surface area contributed by atoms with Crippen molar-refractivity contribution in [1.82, 2.24) is 15.3 Å². The van der Waals surface area contributed by atoms with Gasteiger partial charge < -0.3 is 14.5 Å². The highest BCUT2D eigenvalue weighted by atomic mass is 16.5. The largest absolute Gasteiger partial charge is 0.451 e. The van der Waals surface area contributed by atoms with Gasteiger partial charge >= 0.3 is 0 Å². The highest BCUT2D eigenvalue weighted by molar-refractivity contribution is 6.09. The van der Waals surface area contributed by atoms with Gasteiger partial charge in [0.25, 0.3) is 5.91 Å². The van der Waals surface area contributed by atoms with Crippen LogP contribution in [-0.4, -0.2) is 41.5 Å². The first-order chi connectivity index (χ1) is 16.3. The van der Waals surface area contributed by atoms with Gasteiger partial charge in [-0.05, 0) is 35.6 Å². The van der Waals surface area contributed by atoms with Crippen LogP contribution in [0, 0.1) is 5.92 Å². The van der Waals surface area contributed by atoms with Crippen molar-refractivity contribution in [2.75, 3.05) is 24.7 Å². The zero-order valence-corrected chi connectivity index (χ0v) is 19.7. The Morgan fingerprint density at radius 3 is 2.59 bits per heavy atom. The van der Waals surface area contributed by atoms with Crippen molar-refractivity contribution >= 4 is 17.5 Å². The number of pyridine rings is 1. The van der Waals surface area contributed by atoms with Gasteiger partial charge in [0.2, 0.25) is 5.91 Å². The maximum atomic E-state index is 13.7. The van der Waals surface area contributed by atoms with E-state index >= 15 is 0 Å². The third-order valence-corrected chi connectivity index (χ3v) is 5.98. The van der Waals surface area contributed by atoms with E-state index in [-0.39, 0.29) is 22.9 Å². The fourth-order valence-corrected chi connectivity index (χ4v) is 3.99. The molecule has 0 spiro atoms. The number of anilines is 1. The lowest BCUT2D eigenvalue weighted by molar-refractivity contribution is -0.122. The number of carbonyl (C=O) groups excluding carboxylic acids is 2. The Bertz CT molecular complexity index is 1090. The van der Waals surface area contributed by atoms with E-state index in [1.807, 2.05) is 24.3 Å². The van der Waals surface area contributed by atoms with E-state index in [1.54, 1.807) is 24.5 Å². The number of oxazole rings is 1. The maximum absolute atomic E-state index is 13.7. The Balaban J connectivity index is 1.74. The predicted molar refractivity (Wildman–Crippen MR) is 127 cm³/mol. The van der Waals surface area contributed by atoms with Crippen LogP contribution in [0.2, 0.25) is 0 Å². The normalized spacial score (nSPS) is 16.7. The number of nitrogens with zero attached hydrogens (tertiary/aromatic N) is 3. The van der Waals surface area contributed by atoms with Crippen molar-refractivity contribution < 1.29 is 18.7 Å². The summed E-state index contributed by atoms with van der Waals surface area (Å²) in [5.74, 6) is -0.480. The standard InChI is InChI=1S/C26H30N4O4/c1-26(2,3)20-6-8-21(9-7-20)30(25(32)22-16-34-17-29-22)23(19-5-4-11-27-14-19)24(31)28-13-18-10-12-33-15-18/h4-9,11,14,16-18,23H,10,12-13,15H2,1-3H3,(H,28,31). The van der Waals surface area contributed by atoms with E-state index in [4.69, 9.17) is 9.15 Å². The number of hydrogen-bond donors (Lipinski definition) is 1. The number of carbonyl (C=O) groups is 2. The Labute approximate surface area is 199 Å². The number of rotatable bonds is 7. The van der Waals surface area contributed by atoms with E-state index < -0.39 is 11.9 Å². The van der Waals surface area contributed by atoms with Crippen molar-refractivity contribution in [1.29, 1.82) is 0 Å². The molecule has 0 aliphatic carbocycles. The average molecular weight is 463 g/mol. The van der Waals surface area contributed by atoms with Crippen LogP contribution in [0.25, 0.3) is 0 Å². The van der Waals surface area contributed by atoms with Crippen molar-refractivity contribution in [2.24, 2.45) is 5.92 Å². The van der Waals surface area contributed by atoms with Gasteiger partial charge in [-0.15, -0.1) is 0 Å². The van der Waals surface area contributed by atoms with E-state index in [2.05, 4.69) is 36.1 Å². The molecule has 1 aliphatic rings. The van der Waals surface area contributed by atoms with Crippen molar-refractivity contribution in [3.63, 3.8) is 0 Å². The third kappa shape index (κ3) is 5.34. The monoisotopic (exact) mass is 462 g/mol. The number of hydrogen-bond acceptors (Lipinski definition) is 6. The molecule has 1 fully saturated rings. The van der Waals surface area contributed by atoms with E-state index in [0.29, 0.717) is 31.0 Å². The molecule has 3 heterocycles. The first kappa shape index (κ1) is 23.6. The molecule has 0 saturated carbocycles. The molecule has 1 aliphatic heterocycles. The summed E-state index contributed by atoms with van der Waals surface area (Å²) in [7, 11) is 0. The topological polar surface area (TPSA) is 97.6 Å². The molecule has 1 N–H and O–H groups in total. The molecule has 0 radical (unpaired) electrons. The van der Waals surface area contributed by atoms with Crippen LogP contribution in [0.15, 0.2) is 65.9 Å². The Kier molecular flexibility index (Phi) is 7.07. The van der Waals surface area contributed by atoms with Crippen LogP contribution in [0.5, 0.6) is 0 Å². The van der Waals surface area contributed by atoms with E-state index in [9.17, 15) is 9.59 Å². The third-order valence-electron chi connectivity index (χ3n) is 5.98. The predicted octanol–water partition coefficient (Wildman–Crippen LogP) is 3.91. The number of amides is 2. The quantitative estimate of drug-likeness (QED) is 0.572. The molecule has 2 atom stereocenters. The summed E-state index contributed by atoms with van der Waals surface area (Å²) in [6, 6.07) is 10.3. The molecule has 2 amide bonds. The molecule has 178 valence electrons. The minimum atomic E-state index is -0.944. The summed E-state index contributed by atoms with van der Waals surface area (Å²) in [6.45, 7) is 8.17. The SMILES string of the molecule is CC(C)(C)c1ccc(N(C(=O)c2cocn2)C(C(=O)NCC2CCOC2)c2cccnc2)cc1. The molecule has 1 aromatic carbocycles. The minimum Gasteiger partial charge on any atom is -0.451 e. The smallest absolute Gasteiger partial charge is 0.281 e. The molecular weight excluding hydrogens is 432 g/mol. The molecule has 0 bridgehead atoms. The molecule has 8 nitrogen and oxygen atoms in total. The minimum absolute atomic E-state index is 0.0526. The fraction of sp³-hybridized carbons (Fsp3) is 0.385. The Hall–Kier alpha value is -3.52. The lowest BCUT2D eigenvalue weighted by Crippen LogP contribution is -2.45. The van der Waals surface area contributed by atoms with Crippen LogP contribution in [0.1, 0.15) is 54.8 Å². The number of aromatic nitrogens is 2. The lowest BCUT2D eigenvalue weighted by Gasteiger charge is -2.31. The number of benzene rings is 1. The van der Waals surface area contributed by atoms with Crippen LogP contribution < -0.4 is 10.2 Å². The molecular formula is C26H30N4O4. The average Bonchev–Trinajstić information content (AvgIpc) is 3.55. The highest BCUT2D eigenvalue weighted by Gasteiger charge is 2.35. The summed E-state index contributed by atoms with van der Waals surface area (Å²) in [5.41, 5.74) is 2.36. The molecule has 2 unspecified atom stereocenters. The molecule has 4 rings (SSSR count). The summed E-state index contributed by atoms with van der Waals surface area (Å²) >= 11 is 0. The molecule has 3 aromatic rings. The van der Waals surface area contributed by atoms with Crippen molar-refractivity contribution in [3.05, 3.63) is 78.3 Å². The van der Waals surface area contributed by atoms with Crippen LogP contribution in [0.4, 0.5) is 5.69 Å². The molecule has 34 heavy (non-hydrogen) atoms. The van der Waals surface area contributed by atoms with Crippen molar-refractivity contribution in [3.8, 4) is 0 Å². The Morgan fingerprint density at radius 1 is 1.21 bits per heavy atom. The van der Waals surface area contributed by atoms with E-state index in [1.165, 1.54) is 17.6 Å². The second-order valence-corrected chi connectivity index (χ2v) is 9.51. The summed E-state index contributed by atoms with van der Waals surface area (Å²) in [4.78, 5) is 36.9. The summed E-state index contributed by atoms with van der Waals surface area (Å²) in [5, 5.41) is 3.02. The number of ether oxygens (including phenoxy) is 1. The van der Waals surface area contributed by atoms with E-state index in [0.717, 1.165) is 12.0 Å². The van der Waals surface area contributed by atoms with Crippen LogP contribution >= 0.6 is 0 Å². The fourth-order valence-electron chi connectivity index (χ4n) is 3.99.